The van der Waals surface area contributed by atoms with E-state index in [1.165, 1.54) is 74.9 Å². The van der Waals surface area contributed by atoms with Crippen LogP contribution < -0.4 is 9.47 Å². The number of carbonyl (C=O) groups is 3. The molecule has 1 aromatic carbocycles. The molecule has 0 atom stereocenters. The SMILES string of the molecule is [C-]#[N+]C(C(=O)OCCCC)=C1Sc2c(OC(=O)C3CCC(C4CCC(C)CC4)CC3)ccc(OC(=O)C3CCC(C4CCC(C)CC4)CC3)c2S1. The monoisotopic (exact) mass is 735 g/mol. The fourth-order valence-corrected chi connectivity index (χ4v) is 11.8. The van der Waals surface area contributed by atoms with Crippen molar-refractivity contribution in [3.63, 3.8) is 0 Å². The van der Waals surface area contributed by atoms with E-state index in [0.29, 0.717) is 37.4 Å². The van der Waals surface area contributed by atoms with Crippen LogP contribution in [0.5, 0.6) is 11.5 Å². The summed E-state index contributed by atoms with van der Waals surface area (Å²) in [6, 6.07) is 3.42. The second-order valence-electron chi connectivity index (χ2n) is 16.3. The van der Waals surface area contributed by atoms with Crippen LogP contribution in [-0.2, 0) is 19.1 Å². The lowest BCUT2D eigenvalue weighted by atomic mass is 9.69. The number of hydrogen-bond donors (Lipinski definition) is 0. The molecule has 4 aliphatic carbocycles. The molecular weight excluding hydrogens is 679 g/mol. The van der Waals surface area contributed by atoms with Crippen molar-refractivity contribution in [1.29, 1.82) is 0 Å². The third kappa shape index (κ3) is 9.57. The Bertz CT molecular complexity index is 1380. The Morgan fingerprint density at radius 3 is 1.43 bits per heavy atom. The molecule has 51 heavy (non-hydrogen) atoms. The summed E-state index contributed by atoms with van der Waals surface area (Å²) in [4.78, 5) is 44.9. The second kappa shape index (κ2) is 18.1. The van der Waals surface area contributed by atoms with Crippen molar-refractivity contribution < 1.29 is 28.6 Å². The van der Waals surface area contributed by atoms with Gasteiger partial charge in [0.25, 0.3) is 5.70 Å². The topological polar surface area (TPSA) is 83.3 Å². The van der Waals surface area contributed by atoms with Crippen LogP contribution in [0, 0.1) is 53.9 Å². The highest BCUT2D eigenvalue weighted by Crippen LogP contribution is 2.59. The maximum Gasteiger partial charge on any atom is 0.338 e. The van der Waals surface area contributed by atoms with E-state index in [0.717, 1.165) is 87.9 Å². The Kier molecular flexibility index (Phi) is 13.6. The molecule has 4 saturated carbocycles. The van der Waals surface area contributed by atoms with Gasteiger partial charge in [0.2, 0.25) is 0 Å². The molecular formula is C42H57NO6S2. The smallest absolute Gasteiger partial charge is 0.338 e. The van der Waals surface area contributed by atoms with E-state index < -0.39 is 5.97 Å². The number of fused-ring (bicyclic) bond motifs is 1. The second-order valence-corrected chi connectivity index (χ2v) is 18.6. The summed E-state index contributed by atoms with van der Waals surface area (Å²) in [6.07, 6.45) is 19.8. The summed E-state index contributed by atoms with van der Waals surface area (Å²) in [6.45, 7) is 14.8. The van der Waals surface area contributed by atoms with E-state index >= 15 is 0 Å². The number of ether oxygens (including phenoxy) is 3. The number of hydrogen-bond acceptors (Lipinski definition) is 8. The first-order chi connectivity index (χ1) is 24.7. The number of thioether (sulfide) groups is 2. The molecule has 5 aliphatic rings. The Morgan fingerprint density at radius 1 is 0.667 bits per heavy atom. The molecule has 1 heterocycles. The number of benzene rings is 1. The Morgan fingerprint density at radius 2 is 1.06 bits per heavy atom. The zero-order chi connectivity index (χ0) is 35.9. The average Bonchev–Trinajstić information content (AvgIpc) is 3.59. The van der Waals surface area contributed by atoms with Crippen molar-refractivity contribution >= 4 is 41.4 Å². The van der Waals surface area contributed by atoms with E-state index in [1.807, 2.05) is 6.92 Å². The van der Waals surface area contributed by atoms with Crippen LogP contribution in [0.25, 0.3) is 4.85 Å². The fourth-order valence-electron chi connectivity index (χ4n) is 9.29. The fraction of sp³-hybridized carbons (Fsp3) is 0.714. The normalized spacial score (nSPS) is 30.8. The highest BCUT2D eigenvalue weighted by Gasteiger charge is 2.37. The number of unbranched alkanes of at least 4 members (excludes halogenated alkanes) is 1. The van der Waals surface area contributed by atoms with E-state index in [1.54, 1.807) is 12.1 Å². The van der Waals surface area contributed by atoms with Crippen molar-refractivity contribution in [1.82, 2.24) is 0 Å². The maximum absolute atomic E-state index is 13.6. The Hall–Kier alpha value is -2.44. The number of esters is 3. The predicted molar refractivity (Wildman–Crippen MR) is 202 cm³/mol. The minimum Gasteiger partial charge on any atom is -0.471 e. The van der Waals surface area contributed by atoms with Crippen molar-refractivity contribution in [2.75, 3.05) is 6.61 Å². The minimum absolute atomic E-state index is 0.0993. The van der Waals surface area contributed by atoms with E-state index in [2.05, 4.69) is 18.7 Å². The summed E-state index contributed by atoms with van der Waals surface area (Å²) < 4.78 is 18.1. The molecule has 0 bridgehead atoms. The third-order valence-corrected chi connectivity index (χ3v) is 15.4. The van der Waals surface area contributed by atoms with Gasteiger partial charge >= 0.3 is 17.9 Å². The van der Waals surface area contributed by atoms with E-state index in [9.17, 15) is 14.4 Å². The minimum atomic E-state index is -0.660. The average molecular weight is 736 g/mol. The van der Waals surface area contributed by atoms with Crippen LogP contribution in [-0.4, -0.2) is 24.5 Å². The lowest BCUT2D eigenvalue weighted by Crippen LogP contribution is -2.30. The van der Waals surface area contributed by atoms with Crippen molar-refractivity contribution in [2.45, 2.75) is 146 Å². The highest BCUT2D eigenvalue weighted by atomic mass is 32.2. The quantitative estimate of drug-likeness (QED) is 0.0772. The molecule has 278 valence electrons. The predicted octanol–water partition coefficient (Wildman–Crippen LogP) is 11.4. The van der Waals surface area contributed by atoms with Crippen molar-refractivity contribution in [2.24, 2.45) is 47.3 Å². The van der Waals surface area contributed by atoms with E-state index in [-0.39, 0.29) is 36.1 Å². The van der Waals surface area contributed by atoms with Gasteiger partial charge in [-0.2, -0.15) is 0 Å². The standard InChI is InChI=1S/C42H57NO6S2/c1-5-6-25-47-41(46)36(43-4)42-50-37-34(48-39(44)32-19-15-30(16-20-32)28-11-7-26(2)8-12-28)23-24-35(38(37)51-42)49-40(45)33-21-17-31(18-22-33)29-13-9-27(3)10-14-29/h23-24,26-33H,5-22,25H2,1-3H3. The molecule has 4 fully saturated rings. The molecule has 0 unspecified atom stereocenters. The van der Waals surface area contributed by atoms with Gasteiger partial charge in [-0.1, -0.05) is 76.4 Å². The molecule has 0 saturated heterocycles. The van der Waals surface area contributed by atoms with Gasteiger partial charge in [-0.05, 0) is 131 Å². The highest BCUT2D eigenvalue weighted by molar-refractivity contribution is 8.24. The lowest BCUT2D eigenvalue weighted by molar-refractivity contribution is -0.141. The Labute approximate surface area is 314 Å². The molecule has 6 rings (SSSR count). The summed E-state index contributed by atoms with van der Waals surface area (Å²) in [7, 11) is 0. The Balaban J connectivity index is 1.14. The zero-order valence-corrected chi connectivity index (χ0v) is 32.6. The van der Waals surface area contributed by atoms with Gasteiger partial charge in [-0.3, -0.25) is 14.4 Å². The third-order valence-electron chi connectivity index (χ3n) is 12.7. The van der Waals surface area contributed by atoms with Crippen LogP contribution >= 0.6 is 23.5 Å². The van der Waals surface area contributed by atoms with Gasteiger partial charge in [0.1, 0.15) is 11.5 Å². The lowest BCUT2D eigenvalue weighted by Gasteiger charge is -2.36. The molecule has 0 radical (unpaired) electrons. The van der Waals surface area contributed by atoms with E-state index in [4.69, 9.17) is 20.8 Å². The van der Waals surface area contributed by atoms with Crippen LogP contribution in [0.15, 0.2) is 31.9 Å². The van der Waals surface area contributed by atoms with Crippen LogP contribution in [0.3, 0.4) is 0 Å². The zero-order valence-electron chi connectivity index (χ0n) is 30.9. The molecule has 0 aromatic heterocycles. The van der Waals surface area contributed by atoms with Crippen LogP contribution in [0.4, 0.5) is 0 Å². The molecule has 9 heteroatoms. The molecule has 0 N–H and O–H groups in total. The van der Waals surface area contributed by atoms with Crippen molar-refractivity contribution in [3.8, 4) is 11.5 Å². The number of carbonyl (C=O) groups excluding carboxylic acids is 3. The number of nitrogens with zero attached hydrogens (tertiary/aromatic N) is 1. The molecule has 1 aliphatic heterocycles. The first-order valence-electron chi connectivity index (χ1n) is 20.0. The van der Waals surface area contributed by atoms with Crippen LogP contribution in [0.2, 0.25) is 0 Å². The van der Waals surface area contributed by atoms with Crippen molar-refractivity contribution in [3.05, 3.63) is 33.5 Å². The molecule has 0 amide bonds. The van der Waals surface area contributed by atoms with Gasteiger partial charge in [0, 0.05) is 0 Å². The van der Waals surface area contributed by atoms with Crippen LogP contribution in [0.1, 0.15) is 136 Å². The molecule has 1 aromatic rings. The maximum atomic E-state index is 13.6. The van der Waals surface area contributed by atoms with Gasteiger partial charge in [-0.15, -0.1) is 0 Å². The number of rotatable bonds is 10. The molecule has 0 spiro atoms. The largest absolute Gasteiger partial charge is 0.471 e. The van der Waals surface area contributed by atoms with Gasteiger partial charge < -0.3 is 14.2 Å². The summed E-state index contributed by atoms with van der Waals surface area (Å²) in [5, 5.41) is 0. The summed E-state index contributed by atoms with van der Waals surface area (Å²) >= 11 is 2.45. The molecule has 7 nitrogen and oxygen atoms in total. The van der Waals surface area contributed by atoms with Gasteiger partial charge in [0.15, 0.2) is 0 Å². The first kappa shape index (κ1) is 38.3. The van der Waals surface area contributed by atoms with Gasteiger partial charge in [0.05, 0.1) is 39.0 Å². The summed E-state index contributed by atoms with van der Waals surface area (Å²) in [5.41, 5.74) is -0.0993. The summed E-state index contributed by atoms with van der Waals surface area (Å²) in [5.74, 6) is 4.02. The van der Waals surface area contributed by atoms with Gasteiger partial charge in [-0.25, -0.2) is 4.85 Å². The first-order valence-corrected chi connectivity index (χ1v) is 21.6.